The van der Waals surface area contributed by atoms with Gasteiger partial charge in [0.2, 0.25) is 0 Å². The molecule has 3 heteroatoms. The van der Waals surface area contributed by atoms with E-state index >= 15 is 0 Å². The van der Waals surface area contributed by atoms with Gasteiger partial charge in [0.15, 0.2) is 5.78 Å². The average molecular weight is 248 g/mol. The predicted octanol–water partition coefficient (Wildman–Crippen LogP) is 2.20. The molecule has 0 aromatic carbocycles. The fraction of sp³-hybridized carbons (Fsp3) is 0.667. The maximum atomic E-state index is 12.1. The van der Waals surface area contributed by atoms with E-state index in [4.69, 9.17) is 0 Å². The van der Waals surface area contributed by atoms with E-state index in [0.29, 0.717) is 6.42 Å². The molecule has 2 aliphatic carbocycles. The number of fused-ring (bicyclic) bond motifs is 2. The summed E-state index contributed by atoms with van der Waals surface area (Å²) >= 11 is 0. The highest BCUT2D eigenvalue weighted by atomic mass is 16.2. The lowest BCUT2D eigenvalue weighted by Gasteiger charge is -2.48. The minimum atomic E-state index is -0.634. The minimum Gasteiger partial charge on any atom is -0.303 e. The zero-order chi connectivity index (χ0) is 13.7. The van der Waals surface area contributed by atoms with Crippen LogP contribution in [0.25, 0.3) is 0 Å². The van der Waals surface area contributed by atoms with Crippen molar-refractivity contribution in [3.05, 3.63) is 11.6 Å². The van der Waals surface area contributed by atoms with E-state index in [9.17, 15) is 14.4 Å². The first kappa shape index (κ1) is 13.2. The first-order valence-corrected chi connectivity index (χ1v) is 6.50. The molecular weight excluding hydrogens is 228 g/mol. The van der Waals surface area contributed by atoms with Gasteiger partial charge in [0.1, 0.15) is 12.1 Å². The normalized spacial score (nSPS) is 36.3. The first-order chi connectivity index (χ1) is 8.29. The van der Waals surface area contributed by atoms with Crippen molar-refractivity contribution in [3.8, 4) is 0 Å². The van der Waals surface area contributed by atoms with E-state index in [-0.39, 0.29) is 29.3 Å². The van der Waals surface area contributed by atoms with Gasteiger partial charge >= 0.3 is 0 Å². The molecular formula is C15H20O3. The van der Waals surface area contributed by atoms with Crippen LogP contribution in [0.15, 0.2) is 11.6 Å². The van der Waals surface area contributed by atoms with Crippen molar-refractivity contribution in [3.63, 3.8) is 0 Å². The Labute approximate surface area is 108 Å². The number of hydrogen-bond acceptors (Lipinski definition) is 3. The highest BCUT2D eigenvalue weighted by Crippen LogP contribution is 2.51. The van der Waals surface area contributed by atoms with E-state index in [2.05, 4.69) is 0 Å². The van der Waals surface area contributed by atoms with Crippen molar-refractivity contribution in [2.45, 2.75) is 34.1 Å². The Bertz CT molecular complexity index is 445. The molecule has 0 radical (unpaired) electrons. The number of rotatable bonds is 2. The van der Waals surface area contributed by atoms with E-state index < -0.39 is 11.3 Å². The molecule has 0 aliphatic heterocycles. The van der Waals surface area contributed by atoms with Crippen LogP contribution in [-0.4, -0.2) is 17.9 Å². The number of carbonyl (C=O) groups is 3. The standard InChI is InChI=1S/C15H20O3/c1-8-5-10(17)13-11(18)6-9(2)12(8)14(13)15(3,4)7-16/h5,7,9,12-14H,6H2,1-4H3/t9-,12+,13-,14+/m1/s1. The highest BCUT2D eigenvalue weighted by molar-refractivity contribution is 6.10. The van der Waals surface area contributed by atoms with Gasteiger partial charge < -0.3 is 4.79 Å². The summed E-state index contributed by atoms with van der Waals surface area (Å²) in [5.41, 5.74) is 0.390. The first-order valence-electron chi connectivity index (χ1n) is 6.50. The van der Waals surface area contributed by atoms with Crippen LogP contribution in [0.2, 0.25) is 0 Å². The fourth-order valence-electron chi connectivity index (χ4n) is 3.78. The molecule has 98 valence electrons. The third-order valence-electron chi connectivity index (χ3n) is 4.59. The zero-order valence-corrected chi connectivity index (χ0v) is 11.4. The highest BCUT2D eigenvalue weighted by Gasteiger charge is 2.53. The lowest BCUT2D eigenvalue weighted by Crippen LogP contribution is -2.52. The summed E-state index contributed by atoms with van der Waals surface area (Å²) in [5, 5.41) is 0. The van der Waals surface area contributed by atoms with Crippen LogP contribution in [0.3, 0.4) is 0 Å². The molecule has 0 saturated heterocycles. The molecule has 0 aromatic heterocycles. The van der Waals surface area contributed by atoms with Crippen molar-refractivity contribution in [1.82, 2.24) is 0 Å². The van der Waals surface area contributed by atoms with Crippen LogP contribution in [0.4, 0.5) is 0 Å². The van der Waals surface area contributed by atoms with Gasteiger partial charge in [-0.15, -0.1) is 0 Å². The SMILES string of the molecule is CC1=CC(=O)[C@@H]2C(=O)C[C@@H](C)[C@H]1[C@@H]2C(C)(C)C=O. The summed E-state index contributed by atoms with van der Waals surface area (Å²) in [6.07, 6.45) is 2.97. The second-order valence-electron chi connectivity index (χ2n) is 6.41. The van der Waals surface area contributed by atoms with E-state index in [1.54, 1.807) is 6.08 Å². The molecule has 4 atom stereocenters. The predicted molar refractivity (Wildman–Crippen MR) is 67.9 cm³/mol. The smallest absolute Gasteiger partial charge is 0.166 e. The van der Waals surface area contributed by atoms with Gasteiger partial charge in [-0.25, -0.2) is 0 Å². The molecule has 3 nitrogen and oxygen atoms in total. The van der Waals surface area contributed by atoms with Crippen molar-refractivity contribution in [2.24, 2.45) is 29.1 Å². The Hall–Kier alpha value is -1.25. The third kappa shape index (κ3) is 1.76. The summed E-state index contributed by atoms with van der Waals surface area (Å²) < 4.78 is 0. The van der Waals surface area contributed by atoms with Gasteiger partial charge in [0.25, 0.3) is 0 Å². The van der Waals surface area contributed by atoms with E-state index in [0.717, 1.165) is 11.9 Å². The lowest BCUT2D eigenvalue weighted by atomic mass is 9.53. The van der Waals surface area contributed by atoms with Crippen LogP contribution in [-0.2, 0) is 14.4 Å². The van der Waals surface area contributed by atoms with Crippen LogP contribution in [0, 0.1) is 29.1 Å². The summed E-state index contributed by atoms with van der Waals surface area (Å²) in [4.78, 5) is 35.6. The number of aldehydes is 1. The Balaban J connectivity index is 2.57. The molecule has 2 bridgehead atoms. The fourth-order valence-corrected chi connectivity index (χ4v) is 3.78. The van der Waals surface area contributed by atoms with Crippen molar-refractivity contribution in [1.29, 1.82) is 0 Å². The molecule has 0 unspecified atom stereocenters. The number of Topliss-reactive ketones (excluding diaryl/α,β-unsaturated/α-hetero) is 1. The molecule has 2 aliphatic rings. The quantitative estimate of drug-likeness (QED) is 0.556. The molecule has 18 heavy (non-hydrogen) atoms. The van der Waals surface area contributed by atoms with Crippen LogP contribution in [0.1, 0.15) is 34.1 Å². The van der Waals surface area contributed by atoms with Crippen molar-refractivity contribution >= 4 is 17.9 Å². The number of allylic oxidation sites excluding steroid dienone is 2. The Morgan fingerprint density at radius 3 is 2.50 bits per heavy atom. The van der Waals surface area contributed by atoms with Gasteiger partial charge in [0, 0.05) is 11.8 Å². The molecule has 0 heterocycles. The van der Waals surface area contributed by atoms with Crippen LogP contribution < -0.4 is 0 Å². The van der Waals surface area contributed by atoms with Gasteiger partial charge in [0.05, 0.1) is 5.92 Å². The third-order valence-corrected chi connectivity index (χ3v) is 4.59. The van der Waals surface area contributed by atoms with Crippen molar-refractivity contribution < 1.29 is 14.4 Å². The summed E-state index contributed by atoms with van der Waals surface area (Å²) in [6, 6.07) is 0. The number of hydrogen-bond donors (Lipinski definition) is 0. The van der Waals surface area contributed by atoms with Gasteiger partial charge in [-0.05, 0) is 30.8 Å². The maximum absolute atomic E-state index is 12.1. The Morgan fingerprint density at radius 1 is 1.33 bits per heavy atom. The summed E-state index contributed by atoms with van der Waals surface area (Å²) in [5.74, 6) is -0.500. The molecule has 0 spiro atoms. The molecule has 0 aromatic rings. The topological polar surface area (TPSA) is 51.2 Å². The van der Waals surface area contributed by atoms with E-state index in [1.165, 1.54) is 0 Å². The lowest BCUT2D eigenvalue weighted by molar-refractivity contribution is -0.144. The van der Waals surface area contributed by atoms with Gasteiger partial charge in [-0.2, -0.15) is 0 Å². The molecule has 0 N–H and O–H groups in total. The number of carbonyl (C=O) groups excluding carboxylic acids is 3. The molecule has 1 fully saturated rings. The van der Waals surface area contributed by atoms with Crippen LogP contribution >= 0.6 is 0 Å². The second-order valence-corrected chi connectivity index (χ2v) is 6.41. The second kappa shape index (κ2) is 4.15. The van der Waals surface area contributed by atoms with Crippen molar-refractivity contribution in [2.75, 3.05) is 0 Å². The molecule has 1 saturated carbocycles. The van der Waals surface area contributed by atoms with Crippen LogP contribution in [0.5, 0.6) is 0 Å². The van der Waals surface area contributed by atoms with Gasteiger partial charge in [-0.3, -0.25) is 9.59 Å². The largest absolute Gasteiger partial charge is 0.303 e. The molecule has 2 rings (SSSR count). The van der Waals surface area contributed by atoms with Gasteiger partial charge in [-0.1, -0.05) is 26.3 Å². The molecule has 0 amide bonds. The zero-order valence-electron chi connectivity index (χ0n) is 11.4. The maximum Gasteiger partial charge on any atom is 0.166 e. The summed E-state index contributed by atoms with van der Waals surface area (Å²) in [6.45, 7) is 7.66. The van der Waals surface area contributed by atoms with E-state index in [1.807, 2.05) is 27.7 Å². The number of ketones is 2. The average Bonchev–Trinajstić information content (AvgIpc) is 2.26. The monoisotopic (exact) mass is 248 g/mol. The minimum absolute atomic E-state index is 0.00687. The Kier molecular flexibility index (Phi) is 3.04. The Morgan fingerprint density at radius 2 is 1.94 bits per heavy atom. The summed E-state index contributed by atoms with van der Waals surface area (Å²) in [7, 11) is 0.